The molecule has 0 bridgehead atoms. The van der Waals surface area contributed by atoms with Crippen molar-refractivity contribution in [2.45, 2.75) is 40.0 Å². The monoisotopic (exact) mass is 467 g/mol. The fourth-order valence-corrected chi connectivity index (χ4v) is 5.50. The number of thiophene rings is 1. The lowest BCUT2D eigenvalue weighted by atomic mass is 9.72. The van der Waals surface area contributed by atoms with E-state index in [0.717, 1.165) is 24.8 Å². The van der Waals surface area contributed by atoms with Crippen LogP contribution < -0.4 is 10.6 Å². The van der Waals surface area contributed by atoms with E-state index in [1.807, 2.05) is 0 Å². The first-order valence-electron chi connectivity index (χ1n) is 10.6. The summed E-state index contributed by atoms with van der Waals surface area (Å²) in [6.07, 6.45) is 5.89. The van der Waals surface area contributed by atoms with Crippen molar-refractivity contribution < 1.29 is 9.59 Å². The summed E-state index contributed by atoms with van der Waals surface area (Å²) in [6, 6.07) is 10.4. The normalized spacial score (nSPS) is 15.7. The first-order chi connectivity index (χ1) is 15.2. The molecule has 0 aliphatic heterocycles. The van der Waals surface area contributed by atoms with E-state index in [1.54, 1.807) is 42.6 Å². The van der Waals surface area contributed by atoms with Gasteiger partial charge in [0.25, 0.3) is 11.8 Å². The molecular weight excluding hydrogens is 442 g/mol. The fraction of sp³-hybridized carbons (Fsp3) is 0.320. The molecule has 5 nitrogen and oxygen atoms in total. The van der Waals surface area contributed by atoms with Crippen LogP contribution in [-0.4, -0.2) is 16.8 Å². The highest BCUT2D eigenvalue weighted by Crippen LogP contribution is 2.44. The number of amides is 2. The lowest BCUT2D eigenvalue weighted by Crippen LogP contribution is -2.27. The molecule has 0 unspecified atom stereocenters. The summed E-state index contributed by atoms with van der Waals surface area (Å²) in [5.74, 6) is 0.0350. The molecule has 3 aromatic rings. The minimum Gasteiger partial charge on any atom is -0.322 e. The van der Waals surface area contributed by atoms with Crippen molar-refractivity contribution >= 4 is 45.4 Å². The van der Waals surface area contributed by atoms with Gasteiger partial charge >= 0.3 is 0 Å². The number of carbonyl (C=O) groups is 2. The van der Waals surface area contributed by atoms with Crippen LogP contribution in [0.3, 0.4) is 0 Å². The topological polar surface area (TPSA) is 71.1 Å². The summed E-state index contributed by atoms with van der Waals surface area (Å²) in [5, 5.41) is 7.13. The predicted octanol–water partition coefficient (Wildman–Crippen LogP) is 6.45. The average molecular weight is 468 g/mol. The second-order valence-electron chi connectivity index (χ2n) is 9.17. The SMILES string of the molecule is CC(C)(C)[C@H]1CCc2c(sc(NC(=O)c3cccnc3)c2C(=O)Nc2ccc(Cl)cc2)C1. The van der Waals surface area contributed by atoms with Gasteiger partial charge in [0.05, 0.1) is 11.1 Å². The lowest BCUT2D eigenvalue weighted by Gasteiger charge is -2.33. The zero-order chi connectivity index (χ0) is 22.9. The highest BCUT2D eigenvalue weighted by atomic mass is 35.5. The summed E-state index contributed by atoms with van der Waals surface area (Å²) in [4.78, 5) is 31.4. The number of nitrogens with one attached hydrogen (secondary N) is 2. The smallest absolute Gasteiger partial charge is 0.258 e. The van der Waals surface area contributed by atoms with E-state index in [1.165, 1.54) is 22.4 Å². The van der Waals surface area contributed by atoms with E-state index in [2.05, 4.69) is 36.4 Å². The van der Waals surface area contributed by atoms with Gasteiger partial charge in [-0.05, 0) is 72.6 Å². The number of hydrogen-bond donors (Lipinski definition) is 2. The molecule has 2 heterocycles. The molecule has 0 saturated heterocycles. The molecule has 32 heavy (non-hydrogen) atoms. The zero-order valence-corrected chi connectivity index (χ0v) is 19.9. The predicted molar refractivity (Wildman–Crippen MR) is 131 cm³/mol. The molecule has 2 aromatic heterocycles. The Hall–Kier alpha value is -2.70. The highest BCUT2D eigenvalue weighted by Gasteiger charge is 2.34. The Morgan fingerprint density at radius 1 is 1.09 bits per heavy atom. The number of rotatable bonds is 4. The number of nitrogens with zero attached hydrogens (tertiary/aromatic N) is 1. The highest BCUT2D eigenvalue weighted by molar-refractivity contribution is 7.17. The summed E-state index contributed by atoms with van der Waals surface area (Å²) < 4.78 is 0. The molecule has 0 saturated carbocycles. The van der Waals surface area contributed by atoms with Crippen LogP contribution in [0.25, 0.3) is 0 Å². The quantitative estimate of drug-likeness (QED) is 0.463. The molecule has 166 valence electrons. The van der Waals surface area contributed by atoms with E-state index in [0.29, 0.717) is 32.8 Å². The molecule has 2 amide bonds. The van der Waals surface area contributed by atoms with Crippen LogP contribution in [0.2, 0.25) is 5.02 Å². The van der Waals surface area contributed by atoms with E-state index in [-0.39, 0.29) is 17.2 Å². The number of benzene rings is 1. The molecule has 7 heteroatoms. The molecule has 1 aromatic carbocycles. The van der Waals surface area contributed by atoms with Crippen LogP contribution in [-0.2, 0) is 12.8 Å². The van der Waals surface area contributed by atoms with Gasteiger partial charge in [-0.25, -0.2) is 0 Å². The number of aromatic nitrogens is 1. The van der Waals surface area contributed by atoms with Gasteiger partial charge in [-0.1, -0.05) is 32.4 Å². The molecule has 1 aliphatic rings. The number of fused-ring (bicyclic) bond motifs is 1. The van der Waals surface area contributed by atoms with Crippen LogP contribution in [0.5, 0.6) is 0 Å². The molecule has 2 N–H and O–H groups in total. The minimum absolute atomic E-state index is 0.187. The average Bonchev–Trinajstić information content (AvgIpc) is 3.12. The first-order valence-corrected chi connectivity index (χ1v) is 11.8. The third-order valence-corrected chi connectivity index (χ3v) is 7.39. The first kappa shape index (κ1) is 22.5. The summed E-state index contributed by atoms with van der Waals surface area (Å²) >= 11 is 7.48. The van der Waals surface area contributed by atoms with Crippen LogP contribution >= 0.6 is 22.9 Å². The van der Waals surface area contributed by atoms with Crippen LogP contribution in [0, 0.1) is 11.3 Å². The van der Waals surface area contributed by atoms with Crippen molar-refractivity contribution in [1.29, 1.82) is 0 Å². The maximum Gasteiger partial charge on any atom is 0.258 e. The third-order valence-electron chi connectivity index (χ3n) is 5.97. The van der Waals surface area contributed by atoms with E-state index >= 15 is 0 Å². The van der Waals surface area contributed by atoms with Gasteiger partial charge in [-0.15, -0.1) is 11.3 Å². The number of carbonyl (C=O) groups excluding carboxylic acids is 2. The summed E-state index contributed by atoms with van der Waals surface area (Å²) in [5.41, 5.74) is 2.91. The standard InChI is InChI=1S/C25H26ClN3O2S/c1-25(2,3)16-6-11-19-20(13-16)32-24(29-22(30)15-5-4-12-27-14-15)21(19)23(31)28-18-9-7-17(26)8-10-18/h4-5,7-10,12,14,16H,6,11,13H2,1-3H3,(H,28,31)(H,29,30)/t16-/m0/s1. The largest absolute Gasteiger partial charge is 0.322 e. The number of hydrogen-bond acceptors (Lipinski definition) is 4. The fourth-order valence-electron chi connectivity index (χ4n) is 4.05. The van der Waals surface area contributed by atoms with E-state index in [4.69, 9.17) is 11.6 Å². The second kappa shape index (κ2) is 9.04. The Morgan fingerprint density at radius 2 is 1.84 bits per heavy atom. The molecule has 0 fully saturated rings. The number of halogens is 1. The van der Waals surface area contributed by atoms with Gasteiger partial charge in [0.2, 0.25) is 0 Å². The maximum absolute atomic E-state index is 13.3. The van der Waals surface area contributed by atoms with Gasteiger partial charge in [0.15, 0.2) is 0 Å². The Labute approximate surface area is 197 Å². The molecule has 4 rings (SSSR count). The van der Waals surface area contributed by atoms with Crippen molar-refractivity contribution in [3.63, 3.8) is 0 Å². The zero-order valence-electron chi connectivity index (χ0n) is 18.4. The van der Waals surface area contributed by atoms with Gasteiger partial charge in [-0.3, -0.25) is 14.6 Å². The van der Waals surface area contributed by atoms with Gasteiger partial charge in [-0.2, -0.15) is 0 Å². The number of pyridine rings is 1. The Morgan fingerprint density at radius 3 is 2.50 bits per heavy atom. The van der Waals surface area contributed by atoms with Crippen molar-refractivity contribution in [2.75, 3.05) is 10.6 Å². The molecule has 1 aliphatic carbocycles. The molecule has 0 radical (unpaired) electrons. The van der Waals surface area contributed by atoms with Gasteiger partial charge in [0, 0.05) is 28.0 Å². The van der Waals surface area contributed by atoms with Gasteiger partial charge in [0.1, 0.15) is 5.00 Å². The molecular formula is C25H26ClN3O2S. The Balaban J connectivity index is 1.68. The van der Waals surface area contributed by atoms with Crippen LogP contribution in [0.4, 0.5) is 10.7 Å². The Kier molecular flexibility index (Phi) is 6.35. The van der Waals surface area contributed by atoms with Crippen molar-refractivity contribution in [3.8, 4) is 0 Å². The third kappa shape index (κ3) is 4.87. The summed E-state index contributed by atoms with van der Waals surface area (Å²) in [6.45, 7) is 6.78. The lowest BCUT2D eigenvalue weighted by molar-refractivity contribution is 0.102. The van der Waals surface area contributed by atoms with Crippen molar-refractivity contribution in [3.05, 3.63) is 75.4 Å². The molecule has 0 spiro atoms. The van der Waals surface area contributed by atoms with Crippen molar-refractivity contribution in [1.82, 2.24) is 4.98 Å². The van der Waals surface area contributed by atoms with E-state index < -0.39 is 0 Å². The second-order valence-corrected chi connectivity index (χ2v) is 10.7. The van der Waals surface area contributed by atoms with E-state index in [9.17, 15) is 9.59 Å². The summed E-state index contributed by atoms with van der Waals surface area (Å²) in [7, 11) is 0. The van der Waals surface area contributed by atoms with Crippen LogP contribution in [0.15, 0.2) is 48.8 Å². The maximum atomic E-state index is 13.3. The molecule has 1 atom stereocenters. The minimum atomic E-state index is -0.274. The number of anilines is 2. The Bertz CT molecular complexity index is 1130. The van der Waals surface area contributed by atoms with Crippen molar-refractivity contribution in [2.24, 2.45) is 11.3 Å². The van der Waals surface area contributed by atoms with Crippen LogP contribution in [0.1, 0.15) is 58.3 Å². The van der Waals surface area contributed by atoms with Gasteiger partial charge < -0.3 is 10.6 Å².